The van der Waals surface area contributed by atoms with Crippen molar-refractivity contribution in [3.8, 4) is 0 Å². The summed E-state index contributed by atoms with van der Waals surface area (Å²) in [7, 11) is 0. The van der Waals surface area contributed by atoms with E-state index >= 15 is 0 Å². The molecule has 5 nitrogen and oxygen atoms in total. The summed E-state index contributed by atoms with van der Waals surface area (Å²) in [5.41, 5.74) is 0.649. The van der Waals surface area contributed by atoms with Gasteiger partial charge < -0.3 is 10.0 Å². The van der Waals surface area contributed by atoms with Crippen molar-refractivity contribution >= 4 is 17.2 Å². The topological polar surface area (TPSA) is 58.4 Å². The third kappa shape index (κ3) is 3.48. The van der Waals surface area contributed by atoms with Crippen molar-refractivity contribution in [1.29, 1.82) is 0 Å². The number of aromatic nitrogens is 2. The molecule has 1 aliphatic rings. The Morgan fingerprint density at radius 1 is 1.39 bits per heavy atom. The van der Waals surface area contributed by atoms with Gasteiger partial charge in [-0.05, 0) is 44.1 Å². The molecule has 0 aromatic carbocycles. The predicted molar refractivity (Wildman–Crippen MR) is 90.5 cm³/mol. The van der Waals surface area contributed by atoms with Crippen LogP contribution in [-0.2, 0) is 0 Å². The Kier molecular flexibility index (Phi) is 4.82. The molecule has 2 aromatic rings. The summed E-state index contributed by atoms with van der Waals surface area (Å²) in [6.45, 7) is 5.47. The summed E-state index contributed by atoms with van der Waals surface area (Å²) in [4.78, 5) is 15.4. The molecule has 0 aliphatic carbocycles. The summed E-state index contributed by atoms with van der Waals surface area (Å²) in [5, 5.41) is 16.7. The summed E-state index contributed by atoms with van der Waals surface area (Å²) in [5.74, 6) is 0.275. The molecule has 1 amide bonds. The van der Waals surface area contributed by atoms with Crippen LogP contribution in [0.15, 0.2) is 29.9 Å². The highest BCUT2D eigenvalue weighted by Gasteiger charge is 2.29. The fraction of sp³-hybridized carbons (Fsp3) is 0.529. The lowest BCUT2D eigenvalue weighted by atomic mass is 9.90. The van der Waals surface area contributed by atoms with Crippen molar-refractivity contribution in [3.63, 3.8) is 0 Å². The Hall–Kier alpha value is -1.66. The normalized spacial score (nSPS) is 17.7. The average Bonchev–Trinajstić information content (AvgIpc) is 3.25. The lowest BCUT2D eigenvalue weighted by molar-refractivity contribution is 0.0474. The zero-order valence-electron chi connectivity index (χ0n) is 13.6. The Labute approximate surface area is 140 Å². The van der Waals surface area contributed by atoms with Gasteiger partial charge in [0.1, 0.15) is 0 Å². The number of thiophene rings is 1. The number of likely N-dealkylation sites (tertiary alicyclic amines) is 1. The minimum absolute atomic E-state index is 0.0426. The maximum absolute atomic E-state index is 12.6. The summed E-state index contributed by atoms with van der Waals surface area (Å²) in [6, 6.07) is 4.20. The smallest absolute Gasteiger partial charge is 0.257 e. The lowest BCUT2D eigenvalue weighted by Gasteiger charge is -2.33. The molecule has 3 rings (SSSR count). The van der Waals surface area contributed by atoms with Crippen molar-refractivity contribution in [2.24, 2.45) is 5.92 Å². The van der Waals surface area contributed by atoms with Crippen LogP contribution in [0, 0.1) is 5.92 Å². The Balaban J connectivity index is 1.58. The van der Waals surface area contributed by atoms with Gasteiger partial charge in [0, 0.05) is 30.2 Å². The van der Waals surface area contributed by atoms with Crippen LogP contribution in [0.2, 0.25) is 0 Å². The zero-order valence-corrected chi connectivity index (χ0v) is 14.4. The first-order chi connectivity index (χ1) is 11.1. The molecular weight excluding hydrogens is 310 g/mol. The van der Waals surface area contributed by atoms with E-state index in [-0.39, 0.29) is 17.9 Å². The number of carbonyl (C=O) groups is 1. The Morgan fingerprint density at radius 2 is 2.13 bits per heavy atom. The molecule has 6 heteroatoms. The Morgan fingerprint density at radius 3 is 2.70 bits per heavy atom. The van der Waals surface area contributed by atoms with Crippen molar-refractivity contribution in [2.45, 2.75) is 38.8 Å². The SMILES string of the molecule is CC(C)n1cc(C(=O)N2CCC([C@H](O)c3cccs3)CC2)cn1. The maximum atomic E-state index is 12.6. The molecule has 0 bridgehead atoms. The monoisotopic (exact) mass is 333 g/mol. The van der Waals surface area contributed by atoms with Gasteiger partial charge in [-0.2, -0.15) is 5.10 Å². The predicted octanol–water partition coefficient (Wildman–Crippen LogP) is 3.11. The van der Waals surface area contributed by atoms with Gasteiger partial charge in [-0.15, -0.1) is 11.3 Å². The second kappa shape index (κ2) is 6.84. The largest absolute Gasteiger partial charge is 0.387 e. The van der Waals surface area contributed by atoms with E-state index in [1.165, 1.54) is 0 Å². The maximum Gasteiger partial charge on any atom is 0.257 e. The molecule has 0 saturated carbocycles. The highest BCUT2D eigenvalue weighted by atomic mass is 32.1. The first-order valence-corrected chi connectivity index (χ1v) is 8.99. The van der Waals surface area contributed by atoms with E-state index in [1.54, 1.807) is 22.2 Å². The summed E-state index contributed by atoms with van der Waals surface area (Å²) < 4.78 is 1.81. The number of nitrogens with zero attached hydrogens (tertiary/aromatic N) is 3. The van der Waals surface area contributed by atoms with Gasteiger partial charge in [0.25, 0.3) is 5.91 Å². The molecule has 2 aromatic heterocycles. The van der Waals surface area contributed by atoms with Crippen molar-refractivity contribution in [3.05, 3.63) is 40.3 Å². The van der Waals surface area contributed by atoms with E-state index in [4.69, 9.17) is 0 Å². The number of aliphatic hydroxyl groups is 1. The minimum atomic E-state index is -0.407. The quantitative estimate of drug-likeness (QED) is 0.935. The van der Waals surface area contributed by atoms with Crippen LogP contribution >= 0.6 is 11.3 Å². The molecule has 1 fully saturated rings. The highest BCUT2D eigenvalue weighted by molar-refractivity contribution is 7.10. The second-order valence-electron chi connectivity index (χ2n) is 6.39. The van der Waals surface area contributed by atoms with Gasteiger partial charge in [-0.25, -0.2) is 0 Å². The number of aliphatic hydroxyl groups excluding tert-OH is 1. The third-order valence-corrected chi connectivity index (χ3v) is 5.43. The average molecular weight is 333 g/mol. The molecule has 1 saturated heterocycles. The molecule has 0 radical (unpaired) electrons. The van der Waals surface area contributed by atoms with Gasteiger partial charge in [0.2, 0.25) is 0 Å². The van der Waals surface area contributed by atoms with E-state index in [0.717, 1.165) is 17.7 Å². The Bertz CT molecular complexity index is 643. The number of hydrogen-bond acceptors (Lipinski definition) is 4. The second-order valence-corrected chi connectivity index (χ2v) is 7.37. The minimum Gasteiger partial charge on any atom is -0.387 e. The van der Waals surface area contributed by atoms with E-state index in [1.807, 2.05) is 42.5 Å². The van der Waals surface area contributed by atoms with Gasteiger partial charge in [0.05, 0.1) is 17.9 Å². The molecule has 1 N–H and O–H groups in total. The molecule has 1 aliphatic heterocycles. The number of amides is 1. The molecule has 0 unspecified atom stereocenters. The fourth-order valence-electron chi connectivity index (χ4n) is 3.02. The molecule has 124 valence electrons. The third-order valence-electron chi connectivity index (χ3n) is 4.49. The van der Waals surface area contributed by atoms with Crippen LogP contribution in [0.3, 0.4) is 0 Å². The van der Waals surface area contributed by atoms with E-state index < -0.39 is 6.10 Å². The van der Waals surface area contributed by atoms with Gasteiger partial charge in [0.15, 0.2) is 0 Å². The van der Waals surface area contributed by atoms with E-state index in [0.29, 0.717) is 18.7 Å². The molecular formula is C17H23N3O2S. The first kappa shape index (κ1) is 16.2. The molecule has 1 atom stereocenters. The summed E-state index contributed by atoms with van der Waals surface area (Å²) >= 11 is 1.59. The molecule has 3 heterocycles. The first-order valence-electron chi connectivity index (χ1n) is 8.11. The van der Waals surface area contributed by atoms with Crippen molar-refractivity contribution in [1.82, 2.24) is 14.7 Å². The zero-order chi connectivity index (χ0) is 16.4. The molecule has 0 spiro atoms. The van der Waals surface area contributed by atoms with Gasteiger partial charge in [-0.3, -0.25) is 9.48 Å². The highest BCUT2D eigenvalue weighted by Crippen LogP contribution is 2.33. The van der Waals surface area contributed by atoms with Crippen LogP contribution < -0.4 is 0 Å². The fourth-order valence-corrected chi connectivity index (χ4v) is 3.83. The van der Waals surface area contributed by atoms with Crippen LogP contribution in [0.4, 0.5) is 0 Å². The van der Waals surface area contributed by atoms with E-state index in [9.17, 15) is 9.90 Å². The van der Waals surface area contributed by atoms with Crippen LogP contribution in [0.1, 0.15) is 54.1 Å². The van der Waals surface area contributed by atoms with Crippen molar-refractivity contribution < 1.29 is 9.90 Å². The number of rotatable bonds is 4. The van der Waals surface area contributed by atoms with Crippen LogP contribution in [-0.4, -0.2) is 38.8 Å². The number of piperidine rings is 1. The van der Waals surface area contributed by atoms with Crippen LogP contribution in [0.5, 0.6) is 0 Å². The summed E-state index contributed by atoms with van der Waals surface area (Å²) in [6.07, 6.45) is 4.73. The number of hydrogen-bond donors (Lipinski definition) is 1. The van der Waals surface area contributed by atoms with Crippen LogP contribution in [0.25, 0.3) is 0 Å². The molecule has 23 heavy (non-hydrogen) atoms. The van der Waals surface area contributed by atoms with Crippen molar-refractivity contribution in [2.75, 3.05) is 13.1 Å². The standard InChI is InChI=1S/C17H23N3O2S/c1-12(2)20-11-14(10-18-20)17(22)19-7-5-13(6-8-19)16(21)15-4-3-9-23-15/h3-4,9-13,16,21H,5-8H2,1-2H3/t16-/m0/s1. The number of carbonyl (C=O) groups excluding carboxylic acids is 1. The van der Waals surface area contributed by atoms with Gasteiger partial charge >= 0.3 is 0 Å². The van der Waals surface area contributed by atoms with E-state index in [2.05, 4.69) is 5.10 Å². The van der Waals surface area contributed by atoms with Gasteiger partial charge in [-0.1, -0.05) is 6.07 Å². The lowest BCUT2D eigenvalue weighted by Crippen LogP contribution is -2.39.